The van der Waals surface area contributed by atoms with Gasteiger partial charge in [-0.05, 0) is 24.6 Å². The molecule has 15 heavy (non-hydrogen) atoms. The number of benzene rings is 1. The molecule has 1 aromatic carbocycles. The molecule has 0 radical (unpaired) electrons. The number of fused-ring (bicyclic) bond motifs is 1. The molecule has 2 nitrogen and oxygen atoms in total. The molecule has 0 saturated carbocycles. The summed E-state index contributed by atoms with van der Waals surface area (Å²) in [6, 6.07) is 7.68. The summed E-state index contributed by atoms with van der Waals surface area (Å²) in [5.74, 6) is 0.505. The zero-order valence-electron chi connectivity index (χ0n) is 9.20. The van der Waals surface area contributed by atoms with Crippen molar-refractivity contribution in [2.75, 3.05) is 0 Å². The maximum atomic E-state index is 11.7. The van der Waals surface area contributed by atoms with E-state index in [-0.39, 0.29) is 11.7 Å². The lowest BCUT2D eigenvalue weighted by atomic mass is 10.1. The van der Waals surface area contributed by atoms with Gasteiger partial charge in [0.05, 0.1) is 0 Å². The van der Waals surface area contributed by atoms with Gasteiger partial charge in [-0.25, -0.2) is 0 Å². The van der Waals surface area contributed by atoms with Crippen LogP contribution in [0.2, 0.25) is 0 Å². The van der Waals surface area contributed by atoms with Crippen molar-refractivity contribution in [1.82, 2.24) is 0 Å². The number of hydrogen-bond acceptors (Lipinski definition) is 2. The number of furan rings is 1. The Bertz CT molecular complexity index is 506. The molecular formula is C13H14O2. The lowest BCUT2D eigenvalue weighted by Gasteiger charge is -1.97. The first-order valence-corrected chi connectivity index (χ1v) is 5.13. The van der Waals surface area contributed by atoms with Crippen LogP contribution in [-0.2, 0) is 0 Å². The first kappa shape index (κ1) is 9.97. The van der Waals surface area contributed by atoms with Crippen molar-refractivity contribution in [2.45, 2.75) is 20.8 Å². The number of Topliss-reactive ketones (excluding diaryl/α,β-unsaturated/α-hetero) is 1. The number of carbonyl (C=O) groups excluding carboxylic acids is 1. The van der Waals surface area contributed by atoms with Crippen LogP contribution in [0.1, 0.15) is 30.0 Å². The maximum Gasteiger partial charge on any atom is 0.200 e. The molecule has 2 rings (SSSR count). The second-order valence-corrected chi connectivity index (χ2v) is 4.12. The molecule has 0 aliphatic carbocycles. The number of ketones is 1. The molecule has 2 aromatic rings. The van der Waals surface area contributed by atoms with E-state index >= 15 is 0 Å². The van der Waals surface area contributed by atoms with E-state index < -0.39 is 0 Å². The average molecular weight is 202 g/mol. The second kappa shape index (κ2) is 3.54. The van der Waals surface area contributed by atoms with Gasteiger partial charge in [0.25, 0.3) is 0 Å². The third-order valence-corrected chi connectivity index (χ3v) is 2.55. The van der Waals surface area contributed by atoms with Gasteiger partial charge < -0.3 is 4.42 Å². The Morgan fingerprint density at radius 1 is 1.33 bits per heavy atom. The fourth-order valence-corrected chi connectivity index (χ4v) is 1.61. The fraction of sp³-hybridized carbons (Fsp3) is 0.308. The Morgan fingerprint density at radius 3 is 2.67 bits per heavy atom. The smallest absolute Gasteiger partial charge is 0.200 e. The summed E-state index contributed by atoms with van der Waals surface area (Å²) in [5, 5.41) is 1.03. The first-order chi connectivity index (χ1) is 7.09. The summed E-state index contributed by atoms with van der Waals surface area (Å²) in [4.78, 5) is 11.7. The predicted octanol–water partition coefficient (Wildman–Crippen LogP) is 3.58. The highest BCUT2D eigenvalue weighted by atomic mass is 16.3. The molecule has 0 amide bonds. The van der Waals surface area contributed by atoms with Crippen LogP contribution >= 0.6 is 0 Å². The van der Waals surface area contributed by atoms with Crippen molar-refractivity contribution in [3.8, 4) is 0 Å². The average Bonchev–Trinajstić information content (AvgIpc) is 2.61. The highest BCUT2D eigenvalue weighted by molar-refractivity contribution is 5.99. The molecule has 1 heterocycles. The number of aryl methyl sites for hydroxylation is 1. The molecule has 0 bridgehead atoms. The Labute approximate surface area is 88.9 Å². The van der Waals surface area contributed by atoms with Gasteiger partial charge in [-0.1, -0.05) is 26.0 Å². The van der Waals surface area contributed by atoms with E-state index in [0.29, 0.717) is 5.76 Å². The standard InChI is InChI=1S/C13H14O2/c1-8(2)13(14)12-7-10-9(3)5-4-6-11(10)15-12/h4-8H,1-3H3. The van der Waals surface area contributed by atoms with Gasteiger partial charge in [-0.3, -0.25) is 4.79 Å². The molecule has 0 N–H and O–H groups in total. The second-order valence-electron chi connectivity index (χ2n) is 4.12. The minimum Gasteiger partial charge on any atom is -0.453 e. The SMILES string of the molecule is Cc1cccc2oc(C(=O)C(C)C)cc12. The van der Waals surface area contributed by atoms with Crippen LogP contribution in [0.5, 0.6) is 0 Å². The number of carbonyl (C=O) groups is 1. The predicted molar refractivity (Wildman–Crippen MR) is 60.1 cm³/mol. The summed E-state index contributed by atoms with van der Waals surface area (Å²) < 4.78 is 5.52. The molecule has 0 atom stereocenters. The van der Waals surface area contributed by atoms with Gasteiger partial charge in [-0.15, -0.1) is 0 Å². The van der Waals surface area contributed by atoms with Crippen LogP contribution in [0, 0.1) is 12.8 Å². The van der Waals surface area contributed by atoms with Crippen molar-refractivity contribution in [2.24, 2.45) is 5.92 Å². The van der Waals surface area contributed by atoms with E-state index in [4.69, 9.17) is 4.42 Å². The molecule has 2 heteroatoms. The van der Waals surface area contributed by atoms with Crippen molar-refractivity contribution >= 4 is 16.8 Å². The van der Waals surface area contributed by atoms with Gasteiger partial charge in [0, 0.05) is 11.3 Å². The molecular weight excluding hydrogens is 188 g/mol. The lowest BCUT2D eigenvalue weighted by Crippen LogP contribution is -2.05. The van der Waals surface area contributed by atoms with Crippen LogP contribution in [0.4, 0.5) is 0 Å². The number of rotatable bonds is 2. The topological polar surface area (TPSA) is 30.2 Å². The molecule has 0 aliphatic heterocycles. The van der Waals surface area contributed by atoms with Gasteiger partial charge in [-0.2, -0.15) is 0 Å². The first-order valence-electron chi connectivity index (χ1n) is 5.13. The lowest BCUT2D eigenvalue weighted by molar-refractivity contribution is 0.0913. The van der Waals surface area contributed by atoms with Crippen molar-refractivity contribution in [3.63, 3.8) is 0 Å². The van der Waals surface area contributed by atoms with Crippen LogP contribution in [-0.4, -0.2) is 5.78 Å². The van der Waals surface area contributed by atoms with Gasteiger partial charge in [0.1, 0.15) is 5.58 Å². The van der Waals surface area contributed by atoms with Crippen molar-refractivity contribution < 1.29 is 9.21 Å². The molecule has 0 aliphatic rings. The zero-order valence-corrected chi connectivity index (χ0v) is 9.20. The highest BCUT2D eigenvalue weighted by Crippen LogP contribution is 2.24. The van der Waals surface area contributed by atoms with E-state index in [1.807, 2.05) is 45.0 Å². The summed E-state index contributed by atoms with van der Waals surface area (Å²) in [6.45, 7) is 5.77. The fourth-order valence-electron chi connectivity index (χ4n) is 1.61. The van der Waals surface area contributed by atoms with Crippen LogP contribution in [0.15, 0.2) is 28.7 Å². The third-order valence-electron chi connectivity index (χ3n) is 2.55. The molecule has 1 aromatic heterocycles. The minimum atomic E-state index is -0.0223. The third kappa shape index (κ3) is 1.67. The van der Waals surface area contributed by atoms with Crippen LogP contribution < -0.4 is 0 Å². The van der Waals surface area contributed by atoms with E-state index in [1.165, 1.54) is 0 Å². The van der Waals surface area contributed by atoms with Crippen molar-refractivity contribution in [1.29, 1.82) is 0 Å². The molecule has 0 saturated heterocycles. The Kier molecular flexibility index (Phi) is 2.35. The van der Waals surface area contributed by atoms with Crippen LogP contribution in [0.25, 0.3) is 11.0 Å². The highest BCUT2D eigenvalue weighted by Gasteiger charge is 2.15. The zero-order chi connectivity index (χ0) is 11.0. The normalized spacial score (nSPS) is 11.2. The number of hydrogen-bond donors (Lipinski definition) is 0. The minimum absolute atomic E-state index is 0.0223. The molecule has 0 spiro atoms. The Hall–Kier alpha value is -1.57. The quantitative estimate of drug-likeness (QED) is 0.697. The monoisotopic (exact) mass is 202 g/mol. The summed E-state index contributed by atoms with van der Waals surface area (Å²) in [7, 11) is 0. The van der Waals surface area contributed by atoms with Gasteiger partial charge in [0.2, 0.25) is 5.78 Å². The van der Waals surface area contributed by atoms with E-state index in [9.17, 15) is 4.79 Å². The van der Waals surface area contributed by atoms with Crippen LogP contribution in [0.3, 0.4) is 0 Å². The van der Waals surface area contributed by atoms with Gasteiger partial charge in [0.15, 0.2) is 5.76 Å². The van der Waals surface area contributed by atoms with E-state index in [0.717, 1.165) is 16.5 Å². The summed E-state index contributed by atoms with van der Waals surface area (Å²) in [5.41, 5.74) is 1.93. The summed E-state index contributed by atoms with van der Waals surface area (Å²) in [6.07, 6.45) is 0. The summed E-state index contributed by atoms with van der Waals surface area (Å²) >= 11 is 0. The maximum absolute atomic E-state index is 11.7. The molecule has 0 fully saturated rings. The molecule has 78 valence electrons. The Balaban J connectivity index is 2.57. The van der Waals surface area contributed by atoms with Crippen molar-refractivity contribution in [3.05, 3.63) is 35.6 Å². The largest absolute Gasteiger partial charge is 0.453 e. The molecule has 0 unspecified atom stereocenters. The Morgan fingerprint density at radius 2 is 2.07 bits per heavy atom. The van der Waals surface area contributed by atoms with E-state index in [1.54, 1.807) is 0 Å². The van der Waals surface area contributed by atoms with E-state index in [2.05, 4.69) is 0 Å². The van der Waals surface area contributed by atoms with Gasteiger partial charge >= 0.3 is 0 Å².